The molecule has 2 nitrogen and oxygen atoms in total. The third kappa shape index (κ3) is 3.01. The molecule has 0 unspecified atom stereocenters. The van der Waals surface area contributed by atoms with E-state index in [-0.39, 0.29) is 6.61 Å². The molecule has 0 saturated carbocycles. The van der Waals surface area contributed by atoms with Gasteiger partial charge in [0.25, 0.3) is 0 Å². The summed E-state index contributed by atoms with van der Waals surface area (Å²) in [6.45, 7) is 4.10. The summed E-state index contributed by atoms with van der Waals surface area (Å²) < 4.78 is 0.867. The predicted molar refractivity (Wildman–Crippen MR) is 73.1 cm³/mol. The highest BCUT2D eigenvalue weighted by Crippen LogP contribution is 2.36. The Hall–Kier alpha value is -0.550. The molecule has 0 aliphatic rings. The van der Waals surface area contributed by atoms with Crippen molar-refractivity contribution >= 4 is 34.7 Å². The fourth-order valence-electron chi connectivity index (χ4n) is 1.46. The number of benzene rings is 1. The number of aryl methyl sites for hydroxylation is 2. The number of hydrogen-bond donors (Lipinski definition) is 1. The molecule has 2 rings (SSSR count). The lowest BCUT2D eigenvalue weighted by Crippen LogP contribution is -1.81. The fourth-order valence-corrected chi connectivity index (χ4v) is 3.78. The van der Waals surface area contributed by atoms with Crippen LogP contribution in [-0.2, 0) is 6.61 Å². The van der Waals surface area contributed by atoms with Crippen LogP contribution in [-0.4, -0.2) is 10.1 Å². The van der Waals surface area contributed by atoms with Gasteiger partial charge in [-0.2, -0.15) is 0 Å². The van der Waals surface area contributed by atoms with E-state index in [1.54, 1.807) is 11.8 Å². The van der Waals surface area contributed by atoms with Crippen LogP contribution in [0, 0.1) is 13.8 Å². The molecule has 0 amide bonds. The number of nitrogens with zero attached hydrogens (tertiary/aromatic N) is 1. The van der Waals surface area contributed by atoms with Crippen molar-refractivity contribution in [2.24, 2.45) is 0 Å². The second-order valence-electron chi connectivity index (χ2n) is 3.72. The molecule has 0 aliphatic carbocycles. The lowest BCUT2D eigenvalue weighted by molar-refractivity contribution is 0.285. The topological polar surface area (TPSA) is 33.1 Å². The normalized spacial score (nSPS) is 10.8. The Morgan fingerprint density at radius 2 is 2.18 bits per heavy atom. The minimum atomic E-state index is -0.0516. The van der Waals surface area contributed by atoms with E-state index in [4.69, 9.17) is 16.7 Å². The first-order chi connectivity index (χ1) is 8.10. The molecule has 17 heavy (non-hydrogen) atoms. The summed E-state index contributed by atoms with van der Waals surface area (Å²) >= 11 is 8.92. The quantitative estimate of drug-likeness (QED) is 0.923. The minimum absolute atomic E-state index is 0.0516. The second kappa shape index (κ2) is 5.40. The summed E-state index contributed by atoms with van der Waals surface area (Å²) in [5.41, 5.74) is 2.48. The van der Waals surface area contributed by atoms with Gasteiger partial charge in [-0.25, -0.2) is 4.98 Å². The van der Waals surface area contributed by atoms with Gasteiger partial charge in [0.2, 0.25) is 0 Å². The molecule has 0 fully saturated rings. The van der Waals surface area contributed by atoms with Crippen LogP contribution in [0.2, 0.25) is 5.15 Å². The van der Waals surface area contributed by atoms with Crippen LogP contribution in [0.1, 0.15) is 16.0 Å². The van der Waals surface area contributed by atoms with Gasteiger partial charge in [-0.05, 0) is 25.5 Å². The summed E-state index contributed by atoms with van der Waals surface area (Å²) in [5, 5.41) is 9.47. The minimum Gasteiger partial charge on any atom is -0.391 e. The summed E-state index contributed by atoms with van der Waals surface area (Å²) in [5.74, 6) is 0. The molecule has 1 heterocycles. The van der Waals surface area contributed by atoms with Gasteiger partial charge in [0.15, 0.2) is 4.34 Å². The van der Waals surface area contributed by atoms with Crippen molar-refractivity contribution in [1.29, 1.82) is 0 Å². The van der Waals surface area contributed by atoms with E-state index in [1.807, 2.05) is 0 Å². The number of aliphatic hydroxyl groups excluding tert-OH is 1. The maximum atomic E-state index is 9.07. The van der Waals surface area contributed by atoms with E-state index in [0.717, 1.165) is 9.22 Å². The molecular weight excluding hydrogens is 274 g/mol. The van der Waals surface area contributed by atoms with Gasteiger partial charge < -0.3 is 5.11 Å². The molecule has 0 bridgehead atoms. The number of hydrogen-bond acceptors (Lipinski definition) is 4. The molecule has 5 heteroatoms. The van der Waals surface area contributed by atoms with E-state index >= 15 is 0 Å². The zero-order chi connectivity index (χ0) is 12.4. The van der Waals surface area contributed by atoms with Gasteiger partial charge >= 0.3 is 0 Å². The summed E-state index contributed by atoms with van der Waals surface area (Å²) in [4.78, 5) is 6.12. The second-order valence-corrected chi connectivity index (χ2v) is 6.45. The molecule has 0 atom stereocenters. The Labute approximate surface area is 114 Å². The van der Waals surface area contributed by atoms with Gasteiger partial charge in [-0.1, -0.05) is 41.1 Å². The SMILES string of the molecule is Cc1ccc(Sc2nc(Cl)c(CO)s2)c(C)c1. The van der Waals surface area contributed by atoms with Gasteiger partial charge in [0.1, 0.15) is 5.15 Å². The molecular formula is C12H12ClNOS2. The first-order valence-electron chi connectivity index (χ1n) is 5.11. The third-order valence-corrected chi connectivity index (χ3v) is 5.00. The fraction of sp³-hybridized carbons (Fsp3) is 0.250. The standard InChI is InChI=1S/C12H12ClNOS2/c1-7-3-4-9(8(2)5-7)16-12-14-11(13)10(6-15)17-12/h3-5,15H,6H2,1-2H3. The zero-order valence-corrected chi connectivity index (χ0v) is 11.9. The van der Waals surface area contributed by atoms with E-state index in [1.165, 1.54) is 27.4 Å². The van der Waals surface area contributed by atoms with E-state index in [9.17, 15) is 0 Å². The van der Waals surface area contributed by atoms with Crippen molar-refractivity contribution in [2.75, 3.05) is 0 Å². The highest BCUT2D eigenvalue weighted by atomic mass is 35.5. The van der Waals surface area contributed by atoms with Gasteiger partial charge in [-0.3, -0.25) is 0 Å². The molecule has 1 aromatic heterocycles. The Balaban J connectivity index is 2.25. The monoisotopic (exact) mass is 285 g/mol. The maximum Gasteiger partial charge on any atom is 0.156 e. The van der Waals surface area contributed by atoms with Crippen LogP contribution >= 0.6 is 34.7 Å². The first kappa shape index (κ1) is 12.9. The average Bonchev–Trinajstić information content (AvgIpc) is 2.63. The highest BCUT2D eigenvalue weighted by molar-refractivity contribution is 8.01. The van der Waals surface area contributed by atoms with Gasteiger partial charge in [-0.15, -0.1) is 11.3 Å². The summed E-state index contributed by atoms with van der Waals surface area (Å²) in [6.07, 6.45) is 0. The maximum absolute atomic E-state index is 9.07. The third-order valence-electron chi connectivity index (χ3n) is 2.30. The lowest BCUT2D eigenvalue weighted by atomic mass is 10.2. The average molecular weight is 286 g/mol. The van der Waals surface area contributed by atoms with Crippen molar-refractivity contribution in [3.63, 3.8) is 0 Å². The molecule has 0 spiro atoms. The Morgan fingerprint density at radius 1 is 1.41 bits per heavy atom. The molecule has 2 aromatic rings. The van der Waals surface area contributed by atoms with Crippen LogP contribution < -0.4 is 0 Å². The van der Waals surface area contributed by atoms with Crippen molar-refractivity contribution in [3.05, 3.63) is 39.4 Å². The van der Waals surface area contributed by atoms with Crippen molar-refractivity contribution in [3.8, 4) is 0 Å². The Morgan fingerprint density at radius 3 is 2.76 bits per heavy atom. The molecule has 0 radical (unpaired) electrons. The molecule has 0 aliphatic heterocycles. The Bertz CT molecular complexity index is 539. The Kier molecular flexibility index (Phi) is 4.09. The molecule has 0 saturated heterocycles. The van der Waals surface area contributed by atoms with E-state index in [2.05, 4.69) is 37.0 Å². The van der Waals surface area contributed by atoms with Crippen molar-refractivity contribution in [1.82, 2.24) is 4.98 Å². The van der Waals surface area contributed by atoms with Crippen LogP contribution in [0.25, 0.3) is 0 Å². The molecule has 1 N–H and O–H groups in total. The van der Waals surface area contributed by atoms with Crippen LogP contribution in [0.4, 0.5) is 0 Å². The summed E-state index contributed by atoms with van der Waals surface area (Å²) in [6, 6.07) is 6.31. The van der Waals surface area contributed by atoms with Crippen LogP contribution in [0.15, 0.2) is 27.4 Å². The van der Waals surface area contributed by atoms with E-state index < -0.39 is 0 Å². The highest BCUT2D eigenvalue weighted by Gasteiger charge is 2.10. The number of thiazole rings is 1. The van der Waals surface area contributed by atoms with Crippen molar-refractivity contribution < 1.29 is 5.11 Å². The number of halogens is 1. The predicted octanol–water partition coefficient (Wildman–Crippen LogP) is 4.06. The van der Waals surface area contributed by atoms with Crippen LogP contribution in [0.5, 0.6) is 0 Å². The van der Waals surface area contributed by atoms with E-state index in [0.29, 0.717) is 5.15 Å². The van der Waals surface area contributed by atoms with Gasteiger partial charge in [0, 0.05) is 4.90 Å². The summed E-state index contributed by atoms with van der Waals surface area (Å²) in [7, 11) is 0. The first-order valence-corrected chi connectivity index (χ1v) is 7.12. The number of rotatable bonds is 3. The van der Waals surface area contributed by atoms with Crippen LogP contribution in [0.3, 0.4) is 0 Å². The lowest BCUT2D eigenvalue weighted by Gasteiger charge is -2.03. The smallest absolute Gasteiger partial charge is 0.156 e. The number of aliphatic hydroxyl groups is 1. The number of aromatic nitrogens is 1. The van der Waals surface area contributed by atoms with Crippen molar-refractivity contribution in [2.45, 2.75) is 29.7 Å². The molecule has 1 aromatic carbocycles. The molecule has 90 valence electrons. The van der Waals surface area contributed by atoms with Gasteiger partial charge in [0.05, 0.1) is 11.5 Å². The zero-order valence-electron chi connectivity index (χ0n) is 9.53. The largest absolute Gasteiger partial charge is 0.391 e.